The summed E-state index contributed by atoms with van der Waals surface area (Å²) in [5.41, 5.74) is 5.53. The zero-order valence-corrected chi connectivity index (χ0v) is 12.0. The molecular formula is C15H30N2O. The molecule has 1 aliphatic rings. The van der Waals surface area contributed by atoms with Crippen LogP contribution in [0.15, 0.2) is 0 Å². The summed E-state index contributed by atoms with van der Waals surface area (Å²) >= 11 is 0. The van der Waals surface area contributed by atoms with E-state index in [4.69, 9.17) is 5.73 Å². The van der Waals surface area contributed by atoms with Crippen molar-refractivity contribution in [3.63, 3.8) is 0 Å². The Bertz CT molecular complexity index is 225. The third-order valence-electron chi connectivity index (χ3n) is 3.97. The molecule has 0 spiro atoms. The molecule has 0 bridgehead atoms. The topological polar surface area (TPSA) is 46.3 Å². The molecule has 0 unspecified atom stereocenters. The molecule has 18 heavy (non-hydrogen) atoms. The maximum absolute atomic E-state index is 12.2. The average molecular weight is 254 g/mol. The molecule has 3 heteroatoms. The van der Waals surface area contributed by atoms with Gasteiger partial charge in [-0.2, -0.15) is 0 Å². The molecule has 0 aromatic carbocycles. The van der Waals surface area contributed by atoms with E-state index in [0.717, 1.165) is 44.7 Å². The van der Waals surface area contributed by atoms with Crippen molar-refractivity contribution >= 4 is 5.91 Å². The van der Waals surface area contributed by atoms with Crippen LogP contribution in [0.1, 0.15) is 64.7 Å². The molecule has 106 valence electrons. The molecule has 1 fully saturated rings. The van der Waals surface area contributed by atoms with Crippen LogP contribution in [0.25, 0.3) is 0 Å². The van der Waals surface area contributed by atoms with E-state index in [-0.39, 0.29) is 0 Å². The van der Waals surface area contributed by atoms with Gasteiger partial charge in [-0.15, -0.1) is 0 Å². The lowest BCUT2D eigenvalue weighted by atomic mass is 9.86. The summed E-state index contributed by atoms with van der Waals surface area (Å²) in [5.74, 6) is 1.15. The van der Waals surface area contributed by atoms with Crippen LogP contribution in [0.3, 0.4) is 0 Å². The quantitative estimate of drug-likeness (QED) is 0.724. The summed E-state index contributed by atoms with van der Waals surface area (Å²) < 4.78 is 0. The molecule has 2 N–H and O–H groups in total. The molecule has 3 nitrogen and oxygen atoms in total. The van der Waals surface area contributed by atoms with Crippen LogP contribution < -0.4 is 5.73 Å². The van der Waals surface area contributed by atoms with Gasteiger partial charge in [-0.05, 0) is 31.7 Å². The van der Waals surface area contributed by atoms with E-state index in [0.29, 0.717) is 12.5 Å². The normalized spacial score (nSPS) is 16.8. The summed E-state index contributed by atoms with van der Waals surface area (Å²) in [5, 5.41) is 0. The molecule has 1 rings (SSSR count). The van der Waals surface area contributed by atoms with Gasteiger partial charge in [-0.3, -0.25) is 4.79 Å². The lowest BCUT2D eigenvalue weighted by Gasteiger charge is -2.25. The monoisotopic (exact) mass is 254 g/mol. The van der Waals surface area contributed by atoms with Crippen molar-refractivity contribution in [2.24, 2.45) is 11.7 Å². The maximum atomic E-state index is 12.2. The van der Waals surface area contributed by atoms with E-state index >= 15 is 0 Å². The number of rotatable bonds is 8. The second-order valence-corrected chi connectivity index (χ2v) is 5.57. The Labute approximate surface area is 112 Å². The van der Waals surface area contributed by atoms with E-state index < -0.39 is 0 Å². The molecule has 0 aromatic heterocycles. The molecule has 0 aromatic rings. The Morgan fingerprint density at radius 2 is 1.94 bits per heavy atom. The van der Waals surface area contributed by atoms with Crippen molar-refractivity contribution in [3.05, 3.63) is 0 Å². The molecule has 0 atom stereocenters. The summed E-state index contributed by atoms with van der Waals surface area (Å²) in [7, 11) is 0. The van der Waals surface area contributed by atoms with Crippen LogP contribution in [-0.4, -0.2) is 30.4 Å². The minimum absolute atomic E-state index is 0.343. The first kappa shape index (κ1) is 15.5. The van der Waals surface area contributed by atoms with Crippen molar-refractivity contribution in [1.82, 2.24) is 4.90 Å². The number of carbonyl (C=O) groups is 1. The SMILES string of the molecule is CCCN(CCCN)C(=O)CCC1CCCCC1. The van der Waals surface area contributed by atoms with Crippen molar-refractivity contribution in [1.29, 1.82) is 0 Å². The van der Waals surface area contributed by atoms with E-state index in [9.17, 15) is 4.79 Å². The van der Waals surface area contributed by atoms with Crippen LogP contribution >= 0.6 is 0 Å². The van der Waals surface area contributed by atoms with E-state index in [1.807, 2.05) is 4.90 Å². The highest BCUT2D eigenvalue weighted by Gasteiger charge is 2.17. The molecule has 0 heterocycles. The fourth-order valence-corrected chi connectivity index (χ4v) is 2.87. The largest absolute Gasteiger partial charge is 0.343 e. The van der Waals surface area contributed by atoms with Gasteiger partial charge in [0, 0.05) is 19.5 Å². The average Bonchev–Trinajstić information content (AvgIpc) is 2.42. The molecular weight excluding hydrogens is 224 g/mol. The lowest BCUT2D eigenvalue weighted by molar-refractivity contribution is -0.131. The fraction of sp³-hybridized carbons (Fsp3) is 0.933. The Balaban J connectivity index is 2.26. The zero-order chi connectivity index (χ0) is 13.2. The molecule has 0 saturated heterocycles. The molecule has 1 aliphatic carbocycles. The second-order valence-electron chi connectivity index (χ2n) is 5.57. The Kier molecular flexibility index (Phi) is 8.06. The predicted octanol–water partition coefficient (Wildman–Crippen LogP) is 2.93. The summed E-state index contributed by atoms with van der Waals surface area (Å²) in [6.45, 7) is 4.54. The number of carbonyl (C=O) groups excluding carboxylic acids is 1. The van der Waals surface area contributed by atoms with Crippen LogP contribution in [0.2, 0.25) is 0 Å². The lowest BCUT2D eigenvalue weighted by Crippen LogP contribution is -2.33. The first-order chi connectivity index (χ1) is 8.77. The van der Waals surface area contributed by atoms with E-state index in [2.05, 4.69) is 6.92 Å². The summed E-state index contributed by atoms with van der Waals surface area (Å²) in [4.78, 5) is 14.2. The maximum Gasteiger partial charge on any atom is 0.222 e. The van der Waals surface area contributed by atoms with Crippen LogP contribution in [0.5, 0.6) is 0 Å². The predicted molar refractivity (Wildman–Crippen MR) is 76.4 cm³/mol. The number of nitrogens with two attached hydrogens (primary N) is 1. The third-order valence-corrected chi connectivity index (χ3v) is 3.97. The minimum atomic E-state index is 0.343. The van der Waals surface area contributed by atoms with Crippen molar-refractivity contribution in [2.75, 3.05) is 19.6 Å². The highest BCUT2D eigenvalue weighted by molar-refractivity contribution is 5.76. The van der Waals surface area contributed by atoms with Gasteiger partial charge in [-0.25, -0.2) is 0 Å². The first-order valence-electron chi connectivity index (χ1n) is 7.75. The van der Waals surface area contributed by atoms with Gasteiger partial charge >= 0.3 is 0 Å². The zero-order valence-electron chi connectivity index (χ0n) is 12.0. The first-order valence-corrected chi connectivity index (χ1v) is 7.75. The Hall–Kier alpha value is -0.570. The van der Waals surface area contributed by atoms with Crippen LogP contribution in [0.4, 0.5) is 0 Å². The number of hydrogen-bond acceptors (Lipinski definition) is 2. The minimum Gasteiger partial charge on any atom is -0.343 e. The van der Waals surface area contributed by atoms with Gasteiger partial charge < -0.3 is 10.6 Å². The van der Waals surface area contributed by atoms with Crippen molar-refractivity contribution in [2.45, 2.75) is 64.7 Å². The van der Waals surface area contributed by atoms with Crippen LogP contribution in [0, 0.1) is 5.92 Å². The second kappa shape index (κ2) is 9.37. The van der Waals surface area contributed by atoms with Crippen LogP contribution in [-0.2, 0) is 4.79 Å². The standard InChI is InChI=1S/C15H30N2O/c1-2-12-17(13-6-11-16)15(18)10-9-14-7-4-3-5-8-14/h14H,2-13,16H2,1H3. The molecule has 1 saturated carbocycles. The van der Waals surface area contributed by atoms with Crippen molar-refractivity contribution in [3.8, 4) is 0 Å². The Morgan fingerprint density at radius 3 is 2.56 bits per heavy atom. The Morgan fingerprint density at radius 1 is 1.22 bits per heavy atom. The highest BCUT2D eigenvalue weighted by Crippen LogP contribution is 2.27. The van der Waals surface area contributed by atoms with Gasteiger partial charge in [-0.1, -0.05) is 39.0 Å². The van der Waals surface area contributed by atoms with Gasteiger partial charge in [0.2, 0.25) is 5.91 Å². The third kappa shape index (κ3) is 5.85. The molecule has 0 radical (unpaired) electrons. The van der Waals surface area contributed by atoms with Crippen molar-refractivity contribution < 1.29 is 4.79 Å². The van der Waals surface area contributed by atoms with Gasteiger partial charge in [0.05, 0.1) is 0 Å². The summed E-state index contributed by atoms with van der Waals surface area (Å²) in [6.07, 6.45) is 10.6. The van der Waals surface area contributed by atoms with Gasteiger partial charge in [0.15, 0.2) is 0 Å². The number of nitrogens with zero attached hydrogens (tertiary/aromatic N) is 1. The van der Waals surface area contributed by atoms with E-state index in [1.165, 1.54) is 32.1 Å². The number of amides is 1. The van der Waals surface area contributed by atoms with E-state index in [1.54, 1.807) is 0 Å². The number of hydrogen-bond donors (Lipinski definition) is 1. The smallest absolute Gasteiger partial charge is 0.222 e. The fourth-order valence-electron chi connectivity index (χ4n) is 2.87. The van der Waals surface area contributed by atoms with Gasteiger partial charge in [0.1, 0.15) is 0 Å². The highest BCUT2D eigenvalue weighted by atomic mass is 16.2. The van der Waals surface area contributed by atoms with Gasteiger partial charge in [0.25, 0.3) is 0 Å². The molecule has 0 aliphatic heterocycles. The summed E-state index contributed by atoms with van der Waals surface area (Å²) in [6, 6.07) is 0. The molecule has 1 amide bonds.